The second kappa shape index (κ2) is 6.95. The molecule has 3 aromatic rings. The minimum Gasteiger partial charge on any atom is -0.391 e. The minimum absolute atomic E-state index is 0.343. The summed E-state index contributed by atoms with van der Waals surface area (Å²) in [6, 6.07) is 6.67. The highest BCUT2D eigenvalue weighted by molar-refractivity contribution is 5.86. The number of halogens is 3. The fourth-order valence-electron chi connectivity index (χ4n) is 3.09. The molecule has 0 radical (unpaired) electrons. The monoisotopic (exact) mass is 364 g/mol. The molecular weight excluding hydrogens is 345 g/mol. The third-order valence-corrected chi connectivity index (χ3v) is 4.44. The summed E-state index contributed by atoms with van der Waals surface area (Å²) in [5, 5.41) is 10.9. The maximum absolute atomic E-state index is 12.9. The van der Waals surface area contributed by atoms with E-state index in [9.17, 15) is 18.3 Å². The number of aliphatic hydroxyl groups excluding tert-OH is 1. The van der Waals surface area contributed by atoms with Crippen molar-refractivity contribution < 1.29 is 18.3 Å². The molecule has 0 saturated carbocycles. The normalized spacial score (nSPS) is 14.5. The topological polar surface area (TPSA) is 77.0 Å². The Bertz CT molecular complexity index is 905. The molecule has 0 spiro atoms. The number of aliphatic hydroxyl groups is 1. The first kappa shape index (κ1) is 18.2. The number of fused-ring (bicyclic) bond motifs is 1. The fraction of sp³-hybridized carbons (Fsp3) is 0.333. The van der Waals surface area contributed by atoms with E-state index in [0.29, 0.717) is 35.3 Å². The molecule has 0 aliphatic carbocycles. The molecule has 2 aromatic heterocycles. The van der Waals surface area contributed by atoms with Gasteiger partial charge >= 0.3 is 6.18 Å². The van der Waals surface area contributed by atoms with Crippen LogP contribution in [0.5, 0.6) is 0 Å². The Morgan fingerprint density at radius 2 is 2.00 bits per heavy atom. The van der Waals surface area contributed by atoms with Gasteiger partial charge in [0.25, 0.3) is 0 Å². The third kappa shape index (κ3) is 3.65. The highest BCUT2D eigenvalue weighted by Crippen LogP contribution is 2.31. The molecule has 0 unspecified atom stereocenters. The molecule has 0 bridgehead atoms. The molecular formula is C18H19F3N4O. The van der Waals surface area contributed by atoms with Crippen LogP contribution in [0, 0.1) is 0 Å². The number of aryl methyl sites for hydroxylation is 1. The van der Waals surface area contributed by atoms with Gasteiger partial charge in [0, 0.05) is 6.20 Å². The van der Waals surface area contributed by atoms with Crippen molar-refractivity contribution in [3.8, 4) is 0 Å². The Labute approximate surface area is 148 Å². The van der Waals surface area contributed by atoms with Crippen LogP contribution in [0.4, 0.5) is 19.0 Å². The zero-order valence-electron chi connectivity index (χ0n) is 14.1. The molecule has 0 aliphatic heterocycles. The van der Waals surface area contributed by atoms with E-state index in [1.165, 1.54) is 12.4 Å². The molecule has 138 valence electrons. The van der Waals surface area contributed by atoms with Gasteiger partial charge < -0.3 is 15.4 Å². The molecule has 3 N–H and O–H groups in total. The summed E-state index contributed by atoms with van der Waals surface area (Å²) in [7, 11) is 0. The number of nitrogens with zero attached hydrogens (tertiary/aromatic N) is 3. The van der Waals surface area contributed by atoms with Crippen molar-refractivity contribution in [1.82, 2.24) is 14.5 Å². The summed E-state index contributed by atoms with van der Waals surface area (Å²) in [4.78, 5) is 8.15. The van der Waals surface area contributed by atoms with E-state index in [1.807, 2.05) is 0 Å². The van der Waals surface area contributed by atoms with E-state index < -0.39 is 17.8 Å². The van der Waals surface area contributed by atoms with E-state index in [4.69, 9.17) is 5.73 Å². The smallest absolute Gasteiger partial charge is 0.391 e. The Morgan fingerprint density at radius 3 is 2.69 bits per heavy atom. The van der Waals surface area contributed by atoms with Gasteiger partial charge in [-0.2, -0.15) is 13.2 Å². The maximum Gasteiger partial charge on any atom is 0.416 e. The van der Waals surface area contributed by atoms with Crippen LogP contribution in [0.2, 0.25) is 0 Å². The average molecular weight is 364 g/mol. The number of benzene rings is 1. The van der Waals surface area contributed by atoms with Crippen molar-refractivity contribution in [1.29, 1.82) is 0 Å². The summed E-state index contributed by atoms with van der Waals surface area (Å²) in [6.07, 6.45) is -1.14. The van der Waals surface area contributed by atoms with Gasteiger partial charge in [-0.15, -0.1) is 0 Å². The van der Waals surface area contributed by atoms with Gasteiger partial charge in [-0.3, -0.25) is 0 Å². The maximum atomic E-state index is 12.9. The Kier molecular flexibility index (Phi) is 4.86. The zero-order valence-corrected chi connectivity index (χ0v) is 14.1. The van der Waals surface area contributed by atoms with Crippen molar-refractivity contribution in [2.75, 3.05) is 5.73 Å². The van der Waals surface area contributed by atoms with E-state index in [-0.39, 0.29) is 6.04 Å². The minimum atomic E-state index is -4.37. The van der Waals surface area contributed by atoms with E-state index in [2.05, 4.69) is 9.97 Å². The molecule has 0 fully saturated rings. The molecule has 2 atom stereocenters. The number of nitrogens with two attached hydrogens (primary N) is 1. The lowest BCUT2D eigenvalue weighted by molar-refractivity contribution is -0.137. The number of alkyl halides is 3. The second-order valence-corrected chi connectivity index (χ2v) is 6.26. The van der Waals surface area contributed by atoms with Crippen molar-refractivity contribution in [2.24, 2.45) is 0 Å². The van der Waals surface area contributed by atoms with Gasteiger partial charge in [0.2, 0.25) is 0 Å². The highest BCUT2D eigenvalue weighted by atomic mass is 19.4. The SMILES string of the molecule is C[C@H](O)[C@@H](CCc1cccc(C(F)(F)F)c1)n1ccc2c(N)ncnc21. The first-order chi connectivity index (χ1) is 12.3. The van der Waals surface area contributed by atoms with Crippen molar-refractivity contribution >= 4 is 16.9 Å². The first-order valence-corrected chi connectivity index (χ1v) is 8.18. The lowest BCUT2D eigenvalue weighted by atomic mass is 10.00. The van der Waals surface area contributed by atoms with Crippen LogP contribution in [0.25, 0.3) is 11.0 Å². The van der Waals surface area contributed by atoms with Crippen LogP contribution < -0.4 is 5.73 Å². The molecule has 0 aliphatic rings. The van der Waals surface area contributed by atoms with Gasteiger partial charge in [-0.25, -0.2) is 9.97 Å². The first-order valence-electron chi connectivity index (χ1n) is 8.18. The quantitative estimate of drug-likeness (QED) is 0.725. The molecule has 3 rings (SSSR count). The molecule has 0 saturated heterocycles. The van der Waals surface area contributed by atoms with E-state index >= 15 is 0 Å². The Balaban J connectivity index is 1.85. The van der Waals surface area contributed by atoms with Crippen LogP contribution in [-0.4, -0.2) is 25.7 Å². The van der Waals surface area contributed by atoms with Gasteiger partial charge in [-0.1, -0.05) is 18.2 Å². The Morgan fingerprint density at radius 1 is 1.23 bits per heavy atom. The van der Waals surface area contributed by atoms with Gasteiger partial charge in [0.15, 0.2) is 0 Å². The zero-order chi connectivity index (χ0) is 18.9. The largest absolute Gasteiger partial charge is 0.416 e. The van der Waals surface area contributed by atoms with Crippen LogP contribution in [0.15, 0.2) is 42.9 Å². The number of hydrogen-bond acceptors (Lipinski definition) is 4. The summed E-state index contributed by atoms with van der Waals surface area (Å²) in [6.45, 7) is 1.65. The van der Waals surface area contributed by atoms with Crippen molar-refractivity contribution in [3.05, 3.63) is 54.0 Å². The number of aromatic nitrogens is 3. The summed E-state index contributed by atoms with van der Waals surface area (Å²) < 4.78 is 40.4. The predicted octanol–water partition coefficient (Wildman–Crippen LogP) is 3.59. The van der Waals surface area contributed by atoms with Crippen LogP contribution >= 0.6 is 0 Å². The van der Waals surface area contributed by atoms with E-state index in [1.54, 1.807) is 29.8 Å². The van der Waals surface area contributed by atoms with Crippen molar-refractivity contribution in [2.45, 2.75) is 38.1 Å². The molecule has 26 heavy (non-hydrogen) atoms. The number of nitrogen functional groups attached to an aromatic ring is 1. The number of hydrogen-bond donors (Lipinski definition) is 2. The van der Waals surface area contributed by atoms with Crippen LogP contribution in [0.1, 0.15) is 30.5 Å². The summed E-state index contributed by atoms with van der Waals surface area (Å²) in [5.74, 6) is 0.343. The van der Waals surface area contributed by atoms with E-state index in [0.717, 1.165) is 12.1 Å². The second-order valence-electron chi connectivity index (χ2n) is 6.26. The molecule has 0 amide bonds. The standard InChI is InChI=1S/C18H19F3N4O/c1-11(26)15(25-8-7-14-16(22)23-10-24-17(14)25)6-5-12-3-2-4-13(9-12)18(19,20)21/h2-4,7-11,15,26H,5-6H2,1H3,(H2,22,23,24)/t11-,15+/m0/s1. The summed E-state index contributed by atoms with van der Waals surface area (Å²) >= 11 is 0. The number of rotatable bonds is 5. The van der Waals surface area contributed by atoms with Crippen LogP contribution in [-0.2, 0) is 12.6 Å². The Hall–Kier alpha value is -2.61. The summed E-state index contributed by atoms with van der Waals surface area (Å²) in [5.41, 5.74) is 6.32. The lowest BCUT2D eigenvalue weighted by Crippen LogP contribution is -2.22. The average Bonchev–Trinajstić information content (AvgIpc) is 3.00. The number of anilines is 1. The van der Waals surface area contributed by atoms with Crippen LogP contribution in [0.3, 0.4) is 0 Å². The molecule has 8 heteroatoms. The van der Waals surface area contributed by atoms with Gasteiger partial charge in [-0.05, 0) is 37.5 Å². The van der Waals surface area contributed by atoms with Gasteiger partial charge in [0.05, 0.1) is 23.1 Å². The van der Waals surface area contributed by atoms with Crippen molar-refractivity contribution in [3.63, 3.8) is 0 Å². The lowest BCUT2D eigenvalue weighted by Gasteiger charge is -2.23. The fourth-order valence-corrected chi connectivity index (χ4v) is 3.09. The molecule has 5 nitrogen and oxygen atoms in total. The van der Waals surface area contributed by atoms with Gasteiger partial charge in [0.1, 0.15) is 17.8 Å². The molecule has 2 heterocycles. The predicted molar refractivity (Wildman–Crippen MR) is 92.4 cm³/mol. The highest BCUT2D eigenvalue weighted by Gasteiger charge is 2.30. The third-order valence-electron chi connectivity index (χ3n) is 4.44. The molecule has 1 aromatic carbocycles.